The highest BCUT2D eigenvalue weighted by atomic mass is 16.5. The lowest BCUT2D eigenvalue weighted by atomic mass is 10.1. The molecule has 5 nitrogen and oxygen atoms in total. The Bertz CT molecular complexity index is 857. The number of hydrogen-bond acceptors (Lipinski definition) is 4. The number of fused-ring (bicyclic) bond motifs is 1. The number of hydrogen-bond donors (Lipinski definition) is 2. The van der Waals surface area contributed by atoms with Gasteiger partial charge in [0.1, 0.15) is 5.75 Å². The van der Waals surface area contributed by atoms with E-state index in [2.05, 4.69) is 10.3 Å². The van der Waals surface area contributed by atoms with E-state index in [4.69, 9.17) is 4.74 Å². The van der Waals surface area contributed by atoms with Crippen molar-refractivity contribution in [2.75, 3.05) is 12.4 Å². The van der Waals surface area contributed by atoms with E-state index in [1.165, 1.54) is 7.11 Å². The number of carbonyl (C=O) groups excluding carboxylic acids is 1. The van der Waals surface area contributed by atoms with Crippen molar-refractivity contribution in [2.45, 2.75) is 6.61 Å². The predicted molar refractivity (Wildman–Crippen MR) is 88.6 cm³/mol. The maximum absolute atomic E-state index is 12.5. The van der Waals surface area contributed by atoms with Crippen molar-refractivity contribution in [1.82, 2.24) is 4.98 Å². The Labute approximate surface area is 133 Å². The van der Waals surface area contributed by atoms with Gasteiger partial charge in [-0.1, -0.05) is 12.1 Å². The second-order valence-corrected chi connectivity index (χ2v) is 5.01. The lowest BCUT2D eigenvalue weighted by Crippen LogP contribution is -2.12. The van der Waals surface area contributed by atoms with Crippen molar-refractivity contribution in [3.05, 3.63) is 65.9 Å². The van der Waals surface area contributed by atoms with Gasteiger partial charge in [-0.25, -0.2) is 0 Å². The number of nitrogens with zero attached hydrogens (tertiary/aromatic N) is 1. The summed E-state index contributed by atoms with van der Waals surface area (Å²) in [5, 5.41) is 13.0. The number of aliphatic hydroxyl groups excluding tert-OH is 1. The Kier molecular flexibility index (Phi) is 4.21. The van der Waals surface area contributed by atoms with E-state index in [0.717, 1.165) is 10.9 Å². The van der Waals surface area contributed by atoms with Crippen molar-refractivity contribution in [1.29, 1.82) is 0 Å². The molecule has 0 aliphatic carbocycles. The summed E-state index contributed by atoms with van der Waals surface area (Å²) in [5.41, 5.74) is 2.54. The van der Waals surface area contributed by atoms with Crippen LogP contribution >= 0.6 is 0 Å². The van der Waals surface area contributed by atoms with E-state index in [-0.39, 0.29) is 12.5 Å². The fourth-order valence-corrected chi connectivity index (χ4v) is 2.48. The lowest BCUT2D eigenvalue weighted by molar-refractivity contribution is 0.102. The van der Waals surface area contributed by atoms with Crippen LogP contribution in [-0.2, 0) is 6.61 Å². The van der Waals surface area contributed by atoms with Gasteiger partial charge >= 0.3 is 0 Å². The normalized spacial score (nSPS) is 10.5. The summed E-state index contributed by atoms with van der Waals surface area (Å²) < 4.78 is 5.16. The van der Waals surface area contributed by atoms with Crippen LogP contribution in [0.5, 0.6) is 5.75 Å². The molecule has 1 amide bonds. The van der Waals surface area contributed by atoms with Gasteiger partial charge in [-0.15, -0.1) is 0 Å². The van der Waals surface area contributed by atoms with E-state index < -0.39 is 0 Å². The maximum Gasteiger partial charge on any atom is 0.256 e. The minimum Gasteiger partial charge on any atom is -0.496 e. The van der Waals surface area contributed by atoms with Crippen LogP contribution in [-0.4, -0.2) is 23.1 Å². The molecule has 0 atom stereocenters. The van der Waals surface area contributed by atoms with Crippen LogP contribution in [0.15, 0.2) is 54.7 Å². The summed E-state index contributed by atoms with van der Waals surface area (Å²) in [6.07, 6.45) is 1.70. The summed E-state index contributed by atoms with van der Waals surface area (Å²) in [4.78, 5) is 16.8. The minimum atomic E-state index is -0.224. The number of aromatic nitrogens is 1. The number of pyridine rings is 1. The first-order valence-electron chi connectivity index (χ1n) is 7.16. The Morgan fingerprint density at radius 2 is 2.09 bits per heavy atom. The Morgan fingerprint density at radius 3 is 2.87 bits per heavy atom. The quantitative estimate of drug-likeness (QED) is 0.777. The first-order chi connectivity index (χ1) is 11.2. The molecule has 3 aromatic rings. The summed E-state index contributed by atoms with van der Waals surface area (Å²) in [6, 6.07) is 14.2. The molecule has 0 unspecified atom stereocenters. The molecule has 116 valence electrons. The summed E-state index contributed by atoms with van der Waals surface area (Å²) in [7, 11) is 1.54. The molecule has 5 heteroatoms. The molecule has 23 heavy (non-hydrogen) atoms. The Morgan fingerprint density at radius 1 is 1.22 bits per heavy atom. The molecule has 2 aromatic carbocycles. The molecule has 0 spiro atoms. The van der Waals surface area contributed by atoms with Gasteiger partial charge in [0.05, 0.1) is 19.2 Å². The fourth-order valence-electron chi connectivity index (χ4n) is 2.48. The number of amides is 1. The highest BCUT2D eigenvalue weighted by Gasteiger charge is 2.11. The molecule has 0 bridgehead atoms. The minimum absolute atomic E-state index is 0.162. The Hall–Kier alpha value is -2.92. The molecular formula is C18H16N2O3. The van der Waals surface area contributed by atoms with Crippen molar-refractivity contribution < 1.29 is 14.6 Å². The van der Waals surface area contributed by atoms with Gasteiger partial charge in [-0.2, -0.15) is 0 Å². The first-order valence-corrected chi connectivity index (χ1v) is 7.16. The highest BCUT2D eigenvalue weighted by molar-refractivity contribution is 6.12. The number of carbonyl (C=O) groups is 1. The van der Waals surface area contributed by atoms with Gasteiger partial charge in [0, 0.05) is 28.4 Å². The monoisotopic (exact) mass is 308 g/mol. The van der Waals surface area contributed by atoms with Crippen LogP contribution in [0.4, 0.5) is 5.69 Å². The van der Waals surface area contributed by atoms with Gasteiger partial charge in [0.15, 0.2) is 0 Å². The van der Waals surface area contributed by atoms with Crippen molar-refractivity contribution in [2.24, 2.45) is 0 Å². The number of rotatable bonds is 4. The average Bonchev–Trinajstić information content (AvgIpc) is 2.61. The predicted octanol–water partition coefficient (Wildman–Crippen LogP) is 2.99. The molecule has 1 aromatic heterocycles. The van der Waals surface area contributed by atoms with Crippen LogP contribution in [0.3, 0.4) is 0 Å². The van der Waals surface area contributed by atoms with Gasteiger partial charge < -0.3 is 15.2 Å². The van der Waals surface area contributed by atoms with Gasteiger partial charge in [-0.05, 0) is 36.4 Å². The van der Waals surface area contributed by atoms with E-state index in [9.17, 15) is 9.90 Å². The van der Waals surface area contributed by atoms with Crippen molar-refractivity contribution in [3.8, 4) is 5.75 Å². The second kappa shape index (κ2) is 6.46. The standard InChI is InChI=1S/C18H16N2O3/c1-23-17-8-7-13(10-12(17)11-21)20-18(22)15-4-2-6-16-14(15)5-3-9-19-16/h2-10,21H,11H2,1H3,(H,20,22). The lowest BCUT2D eigenvalue weighted by Gasteiger charge is -2.11. The van der Waals surface area contributed by atoms with Gasteiger partial charge in [0.2, 0.25) is 0 Å². The van der Waals surface area contributed by atoms with Crippen molar-refractivity contribution >= 4 is 22.5 Å². The highest BCUT2D eigenvalue weighted by Crippen LogP contribution is 2.24. The van der Waals surface area contributed by atoms with Gasteiger partial charge in [-0.3, -0.25) is 9.78 Å². The largest absolute Gasteiger partial charge is 0.496 e. The molecule has 0 aliphatic heterocycles. The molecular weight excluding hydrogens is 292 g/mol. The van der Waals surface area contributed by atoms with Crippen LogP contribution < -0.4 is 10.1 Å². The van der Waals surface area contributed by atoms with Gasteiger partial charge in [0.25, 0.3) is 5.91 Å². The van der Waals surface area contributed by atoms with Crippen LogP contribution in [0.2, 0.25) is 0 Å². The molecule has 3 rings (SSSR count). The SMILES string of the molecule is COc1ccc(NC(=O)c2cccc3ncccc23)cc1CO. The summed E-state index contributed by atoms with van der Waals surface area (Å²) in [6.45, 7) is -0.162. The zero-order valence-electron chi connectivity index (χ0n) is 12.6. The summed E-state index contributed by atoms with van der Waals surface area (Å²) >= 11 is 0. The van der Waals surface area contributed by atoms with Crippen molar-refractivity contribution in [3.63, 3.8) is 0 Å². The molecule has 0 radical (unpaired) electrons. The molecule has 0 saturated heterocycles. The second-order valence-electron chi connectivity index (χ2n) is 5.01. The number of ether oxygens (including phenoxy) is 1. The number of nitrogens with one attached hydrogen (secondary N) is 1. The van der Waals surface area contributed by atoms with Crippen LogP contribution in [0.25, 0.3) is 10.9 Å². The third kappa shape index (κ3) is 3.00. The van der Waals surface area contributed by atoms with Crippen LogP contribution in [0.1, 0.15) is 15.9 Å². The molecule has 0 saturated carbocycles. The Balaban J connectivity index is 1.92. The topological polar surface area (TPSA) is 71.5 Å². The molecule has 0 fully saturated rings. The smallest absolute Gasteiger partial charge is 0.256 e. The zero-order chi connectivity index (χ0) is 16.2. The maximum atomic E-state index is 12.5. The first kappa shape index (κ1) is 15.0. The van der Waals surface area contributed by atoms with E-state index >= 15 is 0 Å². The summed E-state index contributed by atoms with van der Waals surface area (Å²) in [5.74, 6) is 0.359. The average molecular weight is 308 g/mol. The van der Waals surface area contributed by atoms with E-state index in [0.29, 0.717) is 22.6 Å². The third-order valence-corrected chi connectivity index (χ3v) is 3.60. The van der Waals surface area contributed by atoms with E-state index in [1.807, 2.05) is 12.1 Å². The third-order valence-electron chi connectivity index (χ3n) is 3.60. The van der Waals surface area contributed by atoms with E-state index in [1.54, 1.807) is 42.6 Å². The van der Waals surface area contributed by atoms with Crippen LogP contribution in [0, 0.1) is 0 Å². The fraction of sp³-hybridized carbons (Fsp3) is 0.111. The number of methoxy groups -OCH3 is 1. The molecule has 0 aliphatic rings. The zero-order valence-corrected chi connectivity index (χ0v) is 12.6. The molecule has 2 N–H and O–H groups in total. The number of benzene rings is 2. The number of aliphatic hydroxyl groups is 1. The number of anilines is 1. The molecule has 1 heterocycles.